The van der Waals surface area contributed by atoms with Gasteiger partial charge in [0, 0.05) is 12.0 Å². The average Bonchev–Trinajstić information content (AvgIpc) is 3.37. The van der Waals surface area contributed by atoms with Crippen LogP contribution in [-0.4, -0.2) is 39.2 Å². The van der Waals surface area contributed by atoms with Gasteiger partial charge in [-0.25, -0.2) is 4.99 Å². The Labute approximate surface area is 183 Å². The molecule has 3 atom stereocenters. The number of hydrogen-bond acceptors (Lipinski definition) is 8. The van der Waals surface area contributed by atoms with Crippen molar-refractivity contribution in [3.05, 3.63) is 23.8 Å². The van der Waals surface area contributed by atoms with Gasteiger partial charge in [0.2, 0.25) is 0 Å². The first-order chi connectivity index (χ1) is 15.0. The maximum absolute atomic E-state index is 10.5. The summed E-state index contributed by atoms with van der Waals surface area (Å²) in [5.41, 5.74) is 4.27. The van der Waals surface area contributed by atoms with E-state index in [0.29, 0.717) is 30.3 Å². The maximum Gasteiger partial charge on any atom is 0.293 e. The van der Waals surface area contributed by atoms with Gasteiger partial charge in [0.25, 0.3) is 5.91 Å². The van der Waals surface area contributed by atoms with Gasteiger partial charge in [-0.1, -0.05) is 26.7 Å². The molecule has 31 heavy (non-hydrogen) atoms. The molecule has 8 nitrogen and oxygen atoms in total. The molecule has 1 aromatic carbocycles. The van der Waals surface area contributed by atoms with E-state index < -0.39 is 22.7 Å². The molecule has 1 heterocycles. The zero-order valence-electron chi connectivity index (χ0n) is 18.6. The number of amidine groups is 1. The largest absolute Gasteiger partial charge is 0.497 e. The Balaban J connectivity index is 2.14. The van der Waals surface area contributed by atoms with Crippen molar-refractivity contribution in [2.75, 3.05) is 27.4 Å². The molecule has 1 fully saturated rings. The lowest BCUT2D eigenvalue weighted by molar-refractivity contribution is -0.260. The summed E-state index contributed by atoms with van der Waals surface area (Å²) in [6.07, 6.45) is 3.35. The van der Waals surface area contributed by atoms with Gasteiger partial charge in [0.1, 0.15) is 22.7 Å². The molecule has 1 aromatic rings. The lowest BCUT2D eigenvalue weighted by atomic mass is 9.93. The highest BCUT2D eigenvalue weighted by Gasteiger charge is 2.93. The Hall–Kier alpha value is -2.81. The molecule has 0 amide bonds. The molecule has 1 saturated carbocycles. The van der Waals surface area contributed by atoms with Crippen molar-refractivity contribution in [3.63, 3.8) is 0 Å². The van der Waals surface area contributed by atoms with Crippen LogP contribution in [0.15, 0.2) is 23.2 Å². The number of nitrogens with two attached hydrogens (primary N) is 1. The van der Waals surface area contributed by atoms with Gasteiger partial charge in [0.05, 0.1) is 39.6 Å². The average molecular weight is 427 g/mol. The SMILES string of the molecule is CCCCOC1(OCCCC)N=C(N)C2(C#N)C(c3cc(OC)cc(OC)c3)C12C#N. The topological polar surface area (TPSA) is 123 Å². The zero-order chi connectivity index (χ0) is 22.7. The molecule has 3 rings (SSSR count). The predicted molar refractivity (Wildman–Crippen MR) is 114 cm³/mol. The third-order valence-electron chi connectivity index (χ3n) is 6.23. The molecule has 166 valence electrons. The first-order valence-corrected chi connectivity index (χ1v) is 10.7. The number of benzene rings is 1. The Morgan fingerprint density at radius 3 is 1.94 bits per heavy atom. The highest BCUT2D eigenvalue weighted by Crippen LogP contribution is 2.82. The van der Waals surface area contributed by atoms with Gasteiger partial charge >= 0.3 is 0 Å². The van der Waals surface area contributed by atoms with Gasteiger partial charge in [-0.2, -0.15) is 10.5 Å². The minimum atomic E-state index is -1.63. The zero-order valence-corrected chi connectivity index (χ0v) is 18.6. The third kappa shape index (κ3) is 3.13. The summed E-state index contributed by atoms with van der Waals surface area (Å²) in [6, 6.07) is 9.97. The Bertz CT molecular complexity index is 902. The number of aliphatic imine (C=N–C) groups is 1. The fourth-order valence-corrected chi connectivity index (χ4v) is 4.56. The van der Waals surface area contributed by atoms with Crippen molar-refractivity contribution < 1.29 is 18.9 Å². The second-order valence-electron chi connectivity index (χ2n) is 7.90. The fourth-order valence-electron chi connectivity index (χ4n) is 4.56. The molecule has 0 aromatic heterocycles. The van der Waals surface area contributed by atoms with Crippen LogP contribution < -0.4 is 15.2 Å². The van der Waals surface area contributed by atoms with E-state index in [1.807, 2.05) is 13.8 Å². The third-order valence-corrected chi connectivity index (χ3v) is 6.23. The first-order valence-electron chi connectivity index (χ1n) is 10.7. The van der Waals surface area contributed by atoms with Crippen LogP contribution in [0.4, 0.5) is 0 Å². The monoisotopic (exact) mass is 426 g/mol. The van der Waals surface area contributed by atoms with Crippen molar-refractivity contribution in [2.45, 2.75) is 51.4 Å². The Morgan fingerprint density at radius 2 is 1.52 bits per heavy atom. The second-order valence-corrected chi connectivity index (χ2v) is 7.90. The van der Waals surface area contributed by atoms with E-state index in [9.17, 15) is 10.5 Å². The number of hydrogen-bond donors (Lipinski definition) is 1. The quantitative estimate of drug-likeness (QED) is 0.424. The molecular formula is C23H30N4O4. The normalized spacial score (nSPS) is 27.5. The molecule has 0 saturated heterocycles. The maximum atomic E-state index is 10.5. The molecule has 8 heteroatoms. The van der Waals surface area contributed by atoms with Gasteiger partial charge in [0.15, 0.2) is 5.41 Å². The van der Waals surface area contributed by atoms with Gasteiger partial charge in [-0.15, -0.1) is 0 Å². The Kier molecular flexibility index (Phi) is 6.45. The van der Waals surface area contributed by atoms with E-state index in [4.69, 9.17) is 24.7 Å². The van der Waals surface area contributed by atoms with Crippen LogP contribution in [0.3, 0.4) is 0 Å². The highest BCUT2D eigenvalue weighted by molar-refractivity contribution is 6.00. The van der Waals surface area contributed by atoms with Gasteiger partial charge in [-0.05, 0) is 30.5 Å². The smallest absolute Gasteiger partial charge is 0.293 e. The van der Waals surface area contributed by atoms with Crippen molar-refractivity contribution in [3.8, 4) is 23.6 Å². The van der Waals surface area contributed by atoms with Crippen LogP contribution >= 0.6 is 0 Å². The number of fused-ring (bicyclic) bond motifs is 1. The van der Waals surface area contributed by atoms with Crippen LogP contribution in [0.2, 0.25) is 0 Å². The van der Waals surface area contributed by atoms with Crippen LogP contribution in [0.25, 0.3) is 0 Å². The minimum absolute atomic E-state index is 0.0660. The summed E-state index contributed by atoms with van der Waals surface area (Å²) in [5, 5.41) is 20.7. The van der Waals surface area contributed by atoms with Crippen molar-refractivity contribution in [1.29, 1.82) is 10.5 Å². The van der Waals surface area contributed by atoms with E-state index in [1.165, 1.54) is 0 Å². The molecule has 3 unspecified atom stereocenters. The van der Waals surface area contributed by atoms with Crippen LogP contribution in [0.1, 0.15) is 51.0 Å². The predicted octanol–water partition coefficient (Wildman–Crippen LogP) is 3.48. The number of ether oxygens (including phenoxy) is 4. The number of unbranched alkanes of at least 4 members (excludes halogenated alkanes) is 2. The number of methoxy groups -OCH3 is 2. The fraction of sp³-hybridized carbons (Fsp3) is 0.609. The van der Waals surface area contributed by atoms with Gasteiger partial charge in [-0.3, -0.25) is 0 Å². The summed E-state index contributed by atoms with van der Waals surface area (Å²) in [4.78, 5) is 4.48. The van der Waals surface area contributed by atoms with Crippen molar-refractivity contribution >= 4 is 5.84 Å². The molecule has 2 aliphatic rings. The Morgan fingerprint density at radius 1 is 0.968 bits per heavy atom. The number of nitriles is 2. The summed E-state index contributed by atoms with van der Waals surface area (Å²) in [6.45, 7) is 4.78. The molecule has 2 N–H and O–H groups in total. The van der Waals surface area contributed by atoms with Crippen LogP contribution in [0.5, 0.6) is 11.5 Å². The van der Waals surface area contributed by atoms with E-state index in [0.717, 1.165) is 25.7 Å². The minimum Gasteiger partial charge on any atom is -0.497 e. The summed E-state index contributed by atoms with van der Waals surface area (Å²) < 4.78 is 23.1. The lowest BCUT2D eigenvalue weighted by Crippen LogP contribution is -2.44. The van der Waals surface area contributed by atoms with E-state index >= 15 is 0 Å². The first kappa shape index (κ1) is 22.9. The summed E-state index contributed by atoms with van der Waals surface area (Å²) in [7, 11) is 3.10. The molecule has 1 aliphatic carbocycles. The molecule has 1 aliphatic heterocycles. The van der Waals surface area contributed by atoms with Crippen LogP contribution in [0, 0.1) is 33.5 Å². The molecule has 0 spiro atoms. The molecule has 0 bridgehead atoms. The number of nitrogens with zero attached hydrogens (tertiary/aromatic N) is 3. The number of rotatable bonds is 11. The van der Waals surface area contributed by atoms with Crippen molar-refractivity contribution in [1.82, 2.24) is 0 Å². The van der Waals surface area contributed by atoms with E-state index in [1.54, 1.807) is 32.4 Å². The highest BCUT2D eigenvalue weighted by atomic mass is 16.7. The van der Waals surface area contributed by atoms with E-state index in [2.05, 4.69) is 17.1 Å². The van der Waals surface area contributed by atoms with Crippen LogP contribution in [-0.2, 0) is 9.47 Å². The van der Waals surface area contributed by atoms with Gasteiger partial charge < -0.3 is 24.7 Å². The molecular weight excluding hydrogens is 396 g/mol. The summed E-state index contributed by atoms with van der Waals surface area (Å²) in [5.74, 6) is -1.05. The lowest BCUT2D eigenvalue weighted by Gasteiger charge is -2.32. The summed E-state index contributed by atoms with van der Waals surface area (Å²) >= 11 is 0. The second kappa shape index (κ2) is 8.74. The standard InChI is InChI=1S/C23H30N4O4/c1-5-7-9-30-23(31-10-8-6-2)22(15-25)19(21(22,14-24)20(26)27-23)16-11-17(28-3)13-18(12-16)29-4/h11-13,19H,5-10H2,1-4H3,(H2,26,27). The van der Waals surface area contributed by atoms with Crippen molar-refractivity contribution in [2.24, 2.45) is 21.6 Å². The molecule has 0 radical (unpaired) electrons. The van der Waals surface area contributed by atoms with E-state index in [-0.39, 0.29) is 5.84 Å².